The van der Waals surface area contributed by atoms with Gasteiger partial charge in [-0.25, -0.2) is 4.98 Å². The number of aromatic nitrogens is 4. The number of hydrogen-bond donors (Lipinski definition) is 2. The summed E-state index contributed by atoms with van der Waals surface area (Å²) in [6.07, 6.45) is 3.59. The summed E-state index contributed by atoms with van der Waals surface area (Å²) in [6, 6.07) is 8.17. The first kappa shape index (κ1) is 12.6. The molecule has 6 heteroatoms. The molecule has 0 aliphatic heterocycles. The topological polar surface area (TPSA) is 81.1 Å². The van der Waals surface area contributed by atoms with Crippen LogP contribution in [0.2, 0.25) is 0 Å². The van der Waals surface area contributed by atoms with Gasteiger partial charge < -0.3 is 11.1 Å². The zero-order valence-corrected chi connectivity index (χ0v) is 11.2. The van der Waals surface area contributed by atoms with E-state index in [2.05, 4.69) is 32.6 Å². The van der Waals surface area contributed by atoms with Crippen molar-refractivity contribution >= 4 is 11.5 Å². The van der Waals surface area contributed by atoms with E-state index >= 15 is 0 Å². The minimum atomic E-state index is 0.547. The van der Waals surface area contributed by atoms with Crippen LogP contribution in [0.3, 0.4) is 0 Å². The van der Waals surface area contributed by atoms with E-state index in [0.29, 0.717) is 13.1 Å². The SMILES string of the molecule is Cc1nnc2c(NCc3cccc(CN)c3)nccn12. The van der Waals surface area contributed by atoms with Crippen molar-refractivity contribution in [1.29, 1.82) is 0 Å². The fourth-order valence-electron chi connectivity index (χ4n) is 2.12. The van der Waals surface area contributed by atoms with Crippen LogP contribution in [0.1, 0.15) is 17.0 Å². The Balaban J connectivity index is 1.83. The molecule has 0 unspecified atom stereocenters. The third-order valence-electron chi connectivity index (χ3n) is 3.18. The van der Waals surface area contributed by atoms with Gasteiger partial charge >= 0.3 is 0 Å². The molecule has 3 aromatic rings. The highest BCUT2D eigenvalue weighted by Gasteiger charge is 2.07. The van der Waals surface area contributed by atoms with Crippen molar-refractivity contribution in [3.8, 4) is 0 Å². The van der Waals surface area contributed by atoms with Crippen LogP contribution < -0.4 is 11.1 Å². The number of aryl methyl sites for hydroxylation is 1. The quantitative estimate of drug-likeness (QED) is 0.749. The second kappa shape index (κ2) is 5.26. The van der Waals surface area contributed by atoms with E-state index in [9.17, 15) is 0 Å². The van der Waals surface area contributed by atoms with Crippen molar-refractivity contribution in [2.24, 2.45) is 5.73 Å². The standard InChI is InChI=1S/C14H16N6/c1-10-18-19-14-13(16-5-6-20(10)14)17-9-12-4-2-3-11(7-12)8-15/h2-7H,8-9,15H2,1H3,(H,16,17). The van der Waals surface area contributed by atoms with Gasteiger partial charge in [0.05, 0.1) is 0 Å². The van der Waals surface area contributed by atoms with E-state index in [1.165, 1.54) is 0 Å². The summed E-state index contributed by atoms with van der Waals surface area (Å²) in [4.78, 5) is 4.32. The molecule has 20 heavy (non-hydrogen) atoms. The predicted molar refractivity (Wildman–Crippen MR) is 77.2 cm³/mol. The van der Waals surface area contributed by atoms with Gasteiger partial charge in [0.2, 0.25) is 5.65 Å². The Hall–Kier alpha value is -2.47. The van der Waals surface area contributed by atoms with Crippen LogP contribution in [0.4, 0.5) is 5.82 Å². The summed E-state index contributed by atoms with van der Waals surface area (Å²) < 4.78 is 1.91. The van der Waals surface area contributed by atoms with Crippen LogP contribution in [-0.2, 0) is 13.1 Å². The average Bonchev–Trinajstić information content (AvgIpc) is 2.88. The summed E-state index contributed by atoms with van der Waals surface area (Å²) in [5, 5.41) is 11.5. The van der Waals surface area contributed by atoms with Gasteiger partial charge in [-0.1, -0.05) is 24.3 Å². The number of anilines is 1. The summed E-state index contributed by atoms with van der Waals surface area (Å²) in [6.45, 7) is 3.13. The van der Waals surface area contributed by atoms with Crippen molar-refractivity contribution in [2.75, 3.05) is 5.32 Å². The molecule has 0 saturated carbocycles. The lowest BCUT2D eigenvalue weighted by Gasteiger charge is -2.07. The highest BCUT2D eigenvalue weighted by atomic mass is 15.3. The molecule has 102 valence electrons. The van der Waals surface area contributed by atoms with Gasteiger partial charge in [-0.15, -0.1) is 10.2 Å². The minimum Gasteiger partial charge on any atom is -0.363 e. The van der Waals surface area contributed by atoms with E-state index < -0.39 is 0 Å². The normalized spacial score (nSPS) is 10.9. The van der Waals surface area contributed by atoms with Gasteiger partial charge in [0.25, 0.3) is 0 Å². The number of hydrogen-bond acceptors (Lipinski definition) is 5. The first-order valence-electron chi connectivity index (χ1n) is 6.46. The lowest BCUT2D eigenvalue weighted by Crippen LogP contribution is -2.05. The maximum atomic E-state index is 5.65. The molecule has 3 rings (SSSR count). The number of nitrogens with zero attached hydrogens (tertiary/aromatic N) is 4. The summed E-state index contributed by atoms with van der Waals surface area (Å²) in [5.74, 6) is 1.57. The van der Waals surface area contributed by atoms with E-state index in [0.717, 1.165) is 28.4 Å². The lowest BCUT2D eigenvalue weighted by atomic mass is 10.1. The van der Waals surface area contributed by atoms with Crippen molar-refractivity contribution in [1.82, 2.24) is 19.6 Å². The summed E-state index contributed by atoms with van der Waals surface area (Å²) in [5.41, 5.74) is 8.66. The summed E-state index contributed by atoms with van der Waals surface area (Å²) in [7, 11) is 0. The molecule has 0 aliphatic carbocycles. The number of fused-ring (bicyclic) bond motifs is 1. The molecule has 0 radical (unpaired) electrons. The average molecular weight is 268 g/mol. The van der Waals surface area contributed by atoms with Crippen LogP contribution in [0, 0.1) is 6.92 Å². The molecule has 3 N–H and O–H groups in total. The lowest BCUT2D eigenvalue weighted by molar-refractivity contribution is 0.999. The molecular weight excluding hydrogens is 252 g/mol. The van der Waals surface area contributed by atoms with Gasteiger partial charge in [0.1, 0.15) is 5.82 Å². The second-order valence-electron chi connectivity index (χ2n) is 4.59. The molecule has 0 saturated heterocycles. The van der Waals surface area contributed by atoms with Gasteiger partial charge in [-0.2, -0.15) is 0 Å². The minimum absolute atomic E-state index is 0.547. The zero-order valence-electron chi connectivity index (χ0n) is 11.2. The summed E-state index contributed by atoms with van der Waals surface area (Å²) >= 11 is 0. The number of benzene rings is 1. The third-order valence-corrected chi connectivity index (χ3v) is 3.18. The maximum Gasteiger partial charge on any atom is 0.203 e. The van der Waals surface area contributed by atoms with Crippen LogP contribution in [0.15, 0.2) is 36.7 Å². The molecule has 0 aliphatic rings. The monoisotopic (exact) mass is 268 g/mol. The van der Waals surface area contributed by atoms with Gasteiger partial charge in [0, 0.05) is 25.5 Å². The highest BCUT2D eigenvalue weighted by Crippen LogP contribution is 2.13. The molecule has 0 bridgehead atoms. The Morgan fingerprint density at radius 2 is 2.10 bits per heavy atom. The van der Waals surface area contributed by atoms with Crippen molar-refractivity contribution < 1.29 is 0 Å². The second-order valence-corrected chi connectivity index (χ2v) is 4.59. The Labute approximate surface area is 116 Å². The van der Waals surface area contributed by atoms with Crippen LogP contribution >= 0.6 is 0 Å². The molecule has 6 nitrogen and oxygen atoms in total. The van der Waals surface area contributed by atoms with Crippen molar-refractivity contribution in [3.63, 3.8) is 0 Å². The first-order chi connectivity index (χ1) is 9.78. The third kappa shape index (κ3) is 2.33. The molecule has 0 amide bonds. The highest BCUT2D eigenvalue weighted by molar-refractivity contribution is 5.62. The van der Waals surface area contributed by atoms with E-state index in [1.807, 2.05) is 29.7 Å². The van der Waals surface area contributed by atoms with Crippen LogP contribution in [0.25, 0.3) is 5.65 Å². The van der Waals surface area contributed by atoms with Crippen molar-refractivity contribution in [2.45, 2.75) is 20.0 Å². The molecule has 0 fully saturated rings. The first-order valence-corrected chi connectivity index (χ1v) is 6.46. The van der Waals surface area contributed by atoms with Crippen LogP contribution in [-0.4, -0.2) is 19.6 Å². The fraction of sp³-hybridized carbons (Fsp3) is 0.214. The molecule has 2 aromatic heterocycles. The van der Waals surface area contributed by atoms with Crippen LogP contribution in [0.5, 0.6) is 0 Å². The molecule has 2 heterocycles. The molecular formula is C14H16N6. The molecule has 0 atom stereocenters. The predicted octanol–water partition coefficient (Wildman–Crippen LogP) is 1.50. The van der Waals surface area contributed by atoms with Gasteiger partial charge in [-0.05, 0) is 18.1 Å². The number of nitrogens with two attached hydrogens (primary N) is 1. The maximum absolute atomic E-state index is 5.65. The molecule has 0 spiro atoms. The van der Waals surface area contributed by atoms with E-state index in [1.54, 1.807) is 6.20 Å². The number of rotatable bonds is 4. The largest absolute Gasteiger partial charge is 0.363 e. The Morgan fingerprint density at radius 1 is 1.25 bits per heavy atom. The Morgan fingerprint density at radius 3 is 2.95 bits per heavy atom. The smallest absolute Gasteiger partial charge is 0.203 e. The van der Waals surface area contributed by atoms with Crippen molar-refractivity contribution in [3.05, 3.63) is 53.6 Å². The molecule has 1 aromatic carbocycles. The zero-order chi connectivity index (χ0) is 13.9. The number of nitrogens with one attached hydrogen (secondary N) is 1. The van der Waals surface area contributed by atoms with Gasteiger partial charge in [0.15, 0.2) is 5.82 Å². The Kier molecular flexibility index (Phi) is 3.30. The Bertz CT molecular complexity index is 733. The van der Waals surface area contributed by atoms with Gasteiger partial charge in [-0.3, -0.25) is 4.40 Å². The van der Waals surface area contributed by atoms with E-state index in [4.69, 9.17) is 5.73 Å². The van der Waals surface area contributed by atoms with E-state index in [-0.39, 0.29) is 0 Å². The fourth-order valence-corrected chi connectivity index (χ4v) is 2.12.